The average Bonchev–Trinajstić information content (AvgIpc) is 3.40. The second-order valence-electron chi connectivity index (χ2n) is 6.77. The van der Waals surface area contributed by atoms with Crippen molar-refractivity contribution < 1.29 is 9.53 Å². The van der Waals surface area contributed by atoms with Gasteiger partial charge in [-0.3, -0.25) is 9.69 Å². The molecule has 7 nitrogen and oxygen atoms in total. The van der Waals surface area contributed by atoms with Gasteiger partial charge in [-0.1, -0.05) is 12.1 Å². The molecule has 2 aromatic carbocycles. The molecular weight excluding hydrogens is 342 g/mol. The molecule has 1 fully saturated rings. The van der Waals surface area contributed by atoms with Crippen molar-refractivity contribution in [2.45, 2.75) is 18.9 Å². The van der Waals surface area contributed by atoms with Crippen LogP contribution in [0, 0.1) is 0 Å². The number of fused-ring (bicyclic) bond motifs is 1. The fourth-order valence-corrected chi connectivity index (χ4v) is 3.61. The van der Waals surface area contributed by atoms with E-state index in [0.717, 1.165) is 24.4 Å². The number of aromatic nitrogens is 3. The minimum atomic E-state index is -0.0994. The molecule has 2 heterocycles. The van der Waals surface area contributed by atoms with E-state index in [1.54, 1.807) is 25.3 Å². The van der Waals surface area contributed by atoms with E-state index in [-0.39, 0.29) is 11.9 Å². The summed E-state index contributed by atoms with van der Waals surface area (Å²) in [7, 11) is 1.67. The van der Waals surface area contributed by atoms with Crippen molar-refractivity contribution in [3.63, 3.8) is 0 Å². The Morgan fingerprint density at radius 2 is 1.89 bits per heavy atom. The van der Waals surface area contributed by atoms with Crippen molar-refractivity contribution in [3.8, 4) is 5.75 Å². The molecule has 1 aliphatic rings. The molecule has 0 radical (unpaired) electrons. The zero-order valence-corrected chi connectivity index (χ0v) is 15.3. The fraction of sp³-hybridized carbons (Fsp3) is 0.350. The molecule has 7 heteroatoms. The summed E-state index contributed by atoms with van der Waals surface area (Å²) in [6, 6.07) is 13.6. The maximum Gasteiger partial charge on any atom is 0.251 e. The lowest BCUT2D eigenvalue weighted by Crippen LogP contribution is -2.36. The van der Waals surface area contributed by atoms with Gasteiger partial charge in [-0.15, -0.1) is 0 Å². The fourth-order valence-electron chi connectivity index (χ4n) is 3.61. The normalized spacial score (nSPS) is 15.7. The van der Waals surface area contributed by atoms with Gasteiger partial charge in [0.2, 0.25) is 0 Å². The predicted octanol–water partition coefficient (Wildman–Crippen LogP) is 2.53. The molecule has 2 N–H and O–H groups in total. The van der Waals surface area contributed by atoms with Crippen molar-refractivity contribution in [1.82, 2.24) is 25.6 Å². The molecule has 0 spiro atoms. The number of hydrogen-bond acceptors (Lipinski definition) is 5. The summed E-state index contributed by atoms with van der Waals surface area (Å²) < 4.78 is 5.26. The molecule has 3 aromatic rings. The number of benzene rings is 2. The molecule has 1 amide bonds. The van der Waals surface area contributed by atoms with E-state index >= 15 is 0 Å². The number of methoxy groups -OCH3 is 1. The maximum absolute atomic E-state index is 12.7. The largest absolute Gasteiger partial charge is 0.497 e. The molecule has 0 saturated carbocycles. The lowest BCUT2D eigenvalue weighted by molar-refractivity contribution is 0.0938. The van der Waals surface area contributed by atoms with Gasteiger partial charge in [-0.25, -0.2) is 0 Å². The van der Waals surface area contributed by atoms with Crippen LogP contribution in [0.4, 0.5) is 0 Å². The van der Waals surface area contributed by atoms with Crippen LogP contribution in [0.3, 0.4) is 0 Å². The lowest BCUT2D eigenvalue weighted by Gasteiger charge is -2.28. The molecule has 0 unspecified atom stereocenters. The van der Waals surface area contributed by atoms with Crippen LogP contribution in [0.2, 0.25) is 0 Å². The van der Waals surface area contributed by atoms with E-state index < -0.39 is 0 Å². The first-order valence-corrected chi connectivity index (χ1v) is 9.21. The summed E-state index contributed by atoms with van der Waals surface area (Å²) in [5, 5.41) is 13.7. The first-order valence-electron chi connectivity index (χ1n) is 9.21. The van der Waals surface area contributed by atoms with Gasteiger partial charge >= 0.3 is 0 Å². The second kappa shape index (κ2) is 7.75. The van der Waals surface area contributed by atoms with Crippen molar-refractivity contribution in [1.29, 1.82) is 0 Å². The van der Waals surface area contributed by atoms with E-state index in [4.69, 9.17) is 4.74 Å². The Kier molecular flexibility index (Phi) is 5.02. The molecule has 140 valence electrons. The molecule has 4 rings (SSSR count). The topological polar surface area (TPSA) is 83.1 Å². The van der Waals surface area contributed by atoms with Gasteiger partial charge in [0.1, 0.15) is 16.8 Å². The summed E-state index contributed by atoms with van der Waals surface area (Å²) in [4.78, 5) is 15.1. The highest BCUT2D eigenvalue weighted by Crippen LogP contribution is 2.26. The van der Waals surface area contributed by atoms with Gasteiger partial charge in [-0.05, 0) is 61.8 Å². The third-order valence-corrected chi connectivity index (χ3v) is 5.12. The maximum atomic E-state index is 12.7. The molecule has 1 aromatic heterocycles. The number of H-pyrrole nitrogens is 1. The van der Waals surface area contributed by atoms with Crippen LogP contribution in [0.5, 0.6) is 5.75 Å². The van der Waals surface area contributed by atoms with Crippen molar-refractivity contribution in [3.05, 3.63) is 53.6 Å². The van der Waals surface area contributed by atoms with E-state index in [0.29, 0.717) is 17.6 Å². The lowest BCUT2D eigenvalue weighted by atomic mass is 10.0. The molecule has 0 bridgehead atoms. The quantitative estimate of drug-likeness (QED) is 0.701. The first kappa shape index (κ1) is 17.5. The Balaban J connectivity index is 1.49. The van der Waals surface area contributed by atoms with E-state index in [1.807, 2.05) is 12.1 Å². The molecule has 0 aliphatic carbocycles. The molecule has 27 heavy (non-hydrogen) atoms. The Morgan fingerprint density at radius 3 is 2.63 bits per heavy atom. The Bertz CT molecular complexity index is 916. The minimum absolute atomic E-state index is 0.0994. The second-order valence-corrected chi connectivity index (χ2v) is 6.77. The summed E-state index contributed by atoms with van der Waals surface area (Å²) in [6.45, 7) is 2.66. The number of nitrogens with zero attached hydrogens (tertiary/aromatic N) is 3. The van der Waals surface area contributed by atoms with Crippen LogP contribution >= 0.6 is 0 Å². The van der Waals surface area contributed by atoms with Crippen molar-refractivity contribution >= 4 is 16.9 Å². The summed E-state index contributed by atoms with van der Waals surface area (Å²) >= 11 is 0. The van der Waals surface area contributed by atoms with Crippen molar-refractivity contribution in [2.75, 3.05) is 26.7 Å². The SMILES string of the molecule is COc1ccc([C@@H](CNC(=O)c2ccc3n[nH]nc3c2)N2CCCC2)cc1. The van der Waals surface area contributed by atoms with Gasteiger partial charge in [0.25, 0.3) is 5.91 Å². The number of aromatic amines is 1. The van der Waals surface area contributed by atoms with Gasteiger partial charge in [0.05, 0.1) is 13.2 Å². The highest BCUT2D eigenvalue weighted by atomic mass is 16.5. The minimum Gasteiger partial charge on any atom is -0.497 e. The van der Waals surface area contributed by atoms with Crippen LogP contribution < -0.4 is 10.1 Å². The number of amides is 1. The molecule has 1 atom stereocenters. The number of hydrogen-bond donors (Lipinski definition) is 2. The van der Waals surface area contributed by atoms with Gasteiger partial charge in [0, 0.05) is 12.1 Å². The zero-order valence-electron chi connectivity index (χ0n) is 15.3. The van der Waals surface area contributed by atoms with Crippen LogP contribution in [-0.2, 0) is 0 Å². The number of carbonyl (C=O) groups is 1. The Labute approximate surface area is 157 Å². The first-order chi connectivity index (χ1) is 13.2. The van der Waals surface area contributed by atoms with Gasteiger partial charge < -0.3 is 10.1 Å². The highest BCUT2D eigenvalue weighted by Gasteiger charge is 2.24. The Morgan fingerprint density at radius 1 is 1.15 bits per heavy atom. The highest BCUT2D eigenvalue weighted by molar-refractivity contribution is 5.97. The summed E-state index contributed by atoms with van der Waals surface area (Å²) in [6.07, 6.45) is 2.40. The monoisotopic (exact) mass is 365 g/mol. The van der Waals surface area contributed by atoms with E-state index in [9.17, 15) is 4.79 Å². The van der Waals surface area contributed by atoms with Crippen LogP contribution in [0.15, 0.2) is 42.5 Å². The predicted molar refractivity (Wildman–Crippen MR) is 103 cm³/mol. The van der Waals surface area contributed by atoms with Crippen LogP contribution in [0.1, 0.15) is 34.8 Å². The Hall–Kier alpha value is -2.93. The zero-order chi connectivity index (χ0) is 18.6. The average molecular weight is 365 g/mol. The van der Waals surface area contributed by atoms with Crippen LogP contribution in [-0.4, -0.2) is 53.0 Å². The number of ether oxygens (including phenoxy) is 1. The van der Waals surface area contributed by atoms with Crippen molar-refractivity contribution in [2.24, 2.45) is 0 Å². The molecular formula is C20H23N5O2. The van der Waals surface area contributed by atoms with E-state index in [1.165, 1.54) is 18.4 Å². The molecule has 1 aliphatic heterocycles. The van der Waals surface area contributed by atoms with Gasteiger partial charge in [0.15, 0.2) is 0 Å². The van der Waals surface area contributed by atoms with E-state index in [2.05, 4.69) is 37.8 Å². The number of carbonyl (C=O) groups excluding carboxylic acids is 1. The smallest absolute Gasteiger partial charge is 0.251 e. The number of nitrogens with one attached hydrogen (secondary N) is 2. The standard InChI is InChI=1S/C20H23N5O2/c1-27-16-7-4-14(5-8-16)19(25-10-2-3-11-25)13-21-20(26)15-6-9-17-18(12-15)23-24-22-17/h4-9,12,19H,2-3,10-11,13H2,1H3,(H,21,26)(H,22,23,24)/t19-/m1/s1. The van der Waals surface area contributed by atoms with Gasteiger partial charge in [-0.2, -0.15) is 15.4 Å². The summed E-state index contributed by atoms with van der Waals surface area (Å²) in [5.74, 6) is 0.737. The van der Waals surface area contributed by atoms with Crippen LogP contribution in [0.25, 0.3) is 11.0 Å². The summed E-state index contributed by atoms with van der Waals surface area (Å²) in [5.41, 5.74) is 3.21. The number of rotatable bonds is 6. The third-order valence-electron chi connectivity index (χ3n) is 5.12. The number of likely N-dealkylation sites (tertiary alicyclic amines) is 1. The molecule has 1 saturated heterocycles. The third kappa shape index (κ3) is 3.78.